The Morgan fingerprint density at radius 3 is 2.35 bits per heavy atom. The fourth-order valence-corrected chi connectivity index (χ4v) is 3.42. The first-order chi connectivity index (χ1) is 15.0. The summed E-state index contributed by atoms with van der Waals surface area (Å²) in [5, 5.41) is 2.74. The van der Waals surface area contributed by atoms with Gasteiger partial charge in [0.1, 0.15) is 11.9 Å². The van der Waals surface area contributed by atoms with E-state index in [2.05, 4.69) is 10.3 Å². The molecule has 2 aromatic carbocycles. The molecule has 8 heteroatoms. The molecule has 0 aliphatic carbocycles. The molecule has 7 nitrogen and oxygen atoms in total. The van der Waals surface area contributed by atoms with Crippen molar-refractivity contribution in [3.63, 3.8) is 0 Å². The number of aromatic nitrogens is 1. The quantitative estimate of drug-likeness (QED) is 0.621. The van der Waals surface area contributed by atoms with E-state index in [9.17, 15) is 18.8 Å². The average molecular weight is 418 g/mol. The molecule has 1 fully saturated rings. The summed E-state index contributed by atoms with van der Waals surface area (Å²) in [4.78, 5) is 45.4. The van der Waals surface area contributed by atoms with Crippen molar-refractivity contribution in [2.75, 3.05) is 10.2 Å². The monoisotopic (exact) mass is 418 g/mol. The van der Waals surface area contributed by atoms with Gasteiger partial charge < -0.3 is 10.2 Å². The molecule has 1 aliphatic rings. The first-order valence-electron chi connectivity index (χ1n) is 9.68. The molecule has 1 aromatic heterocycles. The highest BCUT2D eigenvalue weighted by Crippen LogP contribution is 2.28. The lowest BCUT2D eigenvalue weighted by Gasteiger charge is -2.21. The number of imide groups is 1. The van der Waals surface area contributed by atoms with E-state index >= 15 is 0 Å². The van der Waals surface area contributed by atoms with E-state index in [1.807, 2.05) is 6.07 Å². The number of rotatable bonds is 6. The number of para-hydroxylation sites is 1. The van der Waals surface area contributed by atoms with Crippen molar-refractivity contribution in [3.05, 3.63) is 90.5 Å². The largest absolute Gasteiger partial charge is 0.332 e. The van der Waals surface area contributed by atoms with Crippen LogP contribution in [0.1, 0.15) is 12.1 Å². The minimum absolute atomic E-state index is 0.0619. The van der Waals surface area contributed by atoms with Crippen molar-refractivity contribution < 1.29 is 18.8 Å². The number of carbonyl (C=O) groups is 3. The zero-order valence-corrected chi connectivity index (χ0v) is 16.4. The maximum Gasteiger partial charge on any atom is 0.332 e. The van der Waals surface area contributed by atoms with Crippen LogP contribution in [0.5, 0.6) is 0 Å². The zero-order chi connectivity index (χ0) is 21.8. The number of amides is 4. The number of carbonyl (C=O) groups excluding carboxylic acids is 3. The lowest BCUT2D eigenvalue weighted by Crippen LogP contribution is -2.37. The molecule has 0 radical (unpaired) electrons. The SMILES string of the molecule is O=C(C[C@@H]1C(=O)N(c2ccc(F)cc2)C(=O)N1Cc1ccccn1)Nc1ccccc1. The topological polar surface area (TPSA) is 82.6 Å². The van der Waals surface area contributed by atoms with Crippen LogP contribution in [0.2, 0.25) is 0 Å². The highest BCUT2D eigenvalue weighted by Gasteiger charge is 2.46. The van der Waals surface area contributed by atoms with Crippen molar-refractivity contribution in [2.45, 2.75) is 19.0 Å². The second-order valence-electron chi connectivity index (χ2n) is 7.02. The number of nitrogens with zero attached hydrogens (tertiary/aromatic N) is 3. The van der Waals surface area contributed by atoms with Crippen LogP contribution in [0.15, 0.2) is 79.0 Å². The van der Waals surface area contributed by atoms with Gasteiger partial charge in [-0.05, 0) is 48.5 Å². The third kappa shape index (κ3) is 4.42. The zero-order valence-electron chi connectivity index (χ0n) is 16.4. The van der Waals surface area contributed by atoms with Gasteiger partial charge in [-0.25, -0.2) is 14.1 Å². The highest BCUT2D eigenvalue weighted by molar-refractivity contribution is 6.22. The van der Waals surface area contributed by atoms with Crippen molar-refractivity contribution in [2.24, 2.45) is 0 Å². The number of urea groups is 1. The normalized spacial score (nSPS) is 16.0. The molecule has 1 aliphatic heterocycles. The number of halogens is 1. The molecule has 1 N–H and O–H groups in total. The van der Waals surface area contributed by atoms with Gasteiger partial charge in [-0.1, -0.05) is 24.3 Å². The van der Waals surface area contributed by atoms with Crippen LogP contribution in [-0.4, -0.2) is 33.8 Å². The van der Waals surface area contributed by atoms with E-state index < -0.39 is 29.7 Å². The Balaban J connectivity index is 1.60. The van der Waals surface area contributed by atoms with Gasteiger partial charge in [0.05, 0.1) is 24.3 Å². The lowest BCUT2D eigenvalue weighted by atomic mass is 10.1. The molecule has 1 atom stereocenters. The fourth-order valence-electron chi connectivity index (χ4n) is 3.42. The van der Waals surface area contributed by atoms with Gasteiger partial charge in [0.15, 0.2) is 0 Å². The maximum atomic E-state index is 13.3. The minimum atomic E-state index is -1.01. The Bertz CT molecular complexity index is 1090. The van der Waals surface area contributed by atoms with Gasteiger partial charge in [-0.2, -0.15) is 0 Å². The van der Waals surface area contributed by atoms with Crippen LogP contribution >= 0.6 is 0 Å². The molecule has 2 heterocycles. The Morgan fingerprint density at radius 1 is 0.968 bits per heavy atom. The Labute approximate surface area is 178 Å². The maximum absolute atomic E-state index is 13.3. The summed E-state index contributed by atoms with van der Waals surface area (Å²) >= 11 is 0. The second kappa shape index (κ2) is 8.74. The van der Waals surface area contributed by atoms with E-state index in [1.165, 1.54) is 29.2 Å². The van der Waals surface area contributed by atoms with E-state index in [4.69, 9.17) is 0 Å². The minimum Gasteiger partial charge on any atom is -0.326 e. The Morgan fingerprint density at radius 2 is 1.68 bits per heavy atom. The first kappa shape index (κ1) is 20.2. The lowest BCUT2D eigenvalue weighted by molar-refractivity contribution is -0.124. The summed E-state index contributed by atoms with van der Waals surface area (Å²) in [6.07, 6.45) is 1.37. The van der Waals surface area contributed by atoms with Gasteiger partial charge >= 0.3 is 6.03 Å². The number of pyridine rings is 1. The summed E-state index contributed by atoms with van der Waals surface area (Å²) in [5.41, 5.74) is 1.42. The van der Waals surface area contributed by atoms with Crippen molar-refractivity contribution in [3.8, 4) is 0 Å². The predicted molar refractivity (Wildman–Crippen MR) is 113 cm³/mol. The average Bonchev–Trinajstić information content (AvgIpc) is 3.00. The highest BCUT2D eigenvalue weighted by atomic mass is 19.1. The second-order valence-corrected chi connectivity index (χ2v) is 7.02. The van der Waals surface area contributed by atoms with Gasteiger partial charge in [0.25, 0.3) is 5.91 Å². The fraction of sp³-hybridized carbons (Fsp3) is 0.130. The molecular formula is C23H19FN4O3. The predicted octanol–water partition coefficient (Wildman–Crippen LogP) is 3.59. The standard InChI is InChI=1S/C23H19FN4O3/c24-16-9-11-19(12-10-16)28-22(30)20(14-21(29)26-17-6-2-1-3-7-17)27(23(28)31)15-18-8-4-5-13-25-18/h1-13,20H,14-15H2,(H,26,29)/t20-/m1/s1. The summed E-state index contributed by atoms with van der Waals surface area (Å²) in [6, 6.07) is 17.6. The molecule has 4 amide bonds. The van der Waals surface area contributed by atoms with E-state index in [1.54, 1.807) is 48.7 Å². The van der Waals surface area contributed by atoms with E-state index in [-0.39, 0.29) is 18.7 Å². The van der Waals surface area contributed by atoms with E-state index in [0.717, 1.165) is 4.90 Å². The Kier molecular flexibility index (Phi) is 5.70. The van der Waals surface area contributed by atoms with Crippen molar-refractivity contribution in [1.82, 2.24) is 9.88 Å². The molecule has 1 saturated heterocycles. The number of hydrogen-bond donors (Lipinski definition) is 1. The van der Waals surface area contributed by atoms with Gasteiger partial charge in [-0.3, -0.25) is 14.6 Å². The number of benzene rings is 2. The number of nitrogens with one attached hydrogen (secondary N) is 1. The van der Waals surface area contributed by atoms with Crippen LogP contribution in [0, 0.1) is 5.82 Å². The Hall–Kier alpha value is -4.07. The molecule has 3 aromatic rings. The molecule has 0 unspecified atom stereocenters. The first-order valence-corrected chi connectivity index (χ1v) is 9.68. The summed E-state index contributed by atoms with van der Waals surface area (Å²) < 4.78 is 13.3. The number of anilines is 2. The van der Waals surface area contributed by atoms with Crippen molar-refractivity contribution >= 4 is 29.2 Å². The van der Waals surface area contributed by atoms with Crippen LogP contribution < -0.4 is 10.2 Å². The molecule has 156 valence electrons. The van der Waals surface area contributed by atoms with Crippen LogP contribution in [-0.2, 0) is 16.1 Å². The van der Waals surface area contributed by atoms with E-state index in [0.29, 0.717) is 11.4 Å². The van der Waals surface area contributed by atoms with Gasteiger partial charge in [-0.15, -0.1) is 0 Å². The third-order valence-corrected chi connectivity index (χ3v) is 4.90. The van der Waals surface area contributed by atoms with Gasteiger partial charge in [0.2, 0.25) is 5.91 Å². The number of hydrogen-bond acceptors (Lipinski definition) is 4. The summed E-state index contributed by atoms with van der Waals surface area (Å²) in [6.45, 7) is 0.0619. The molecule has 0 saturated carbocycles. The molecule has 31 heavy (non-hydrogen) atoms. The molecule has 0 spiro atoms. The molecular weight excluding hydrogens is 399 g/mol. The van der Waals surface area contributed by atoms with Crippen LogP contribution in [0.4, 0.5) is 20.6 Å². The smallest absolute Gasteiger partial charge is 0.326 e. The third-order valence-electron chi connectivity index (χ3n) is 4.90. The van der Waals surface area contributed by atoms with Gasteiger partial charge in [0, 0.05) is 11.9 Å². The van der Waals surface area contributed by atoms with Crippen LogP contribution in [0.25, 0.3) is 0 Å². The molecule has 4 rings (SSSR count). The summed E-state index contributed by atoms with van der Waals surface area (Å²) in [5.74, 6) is -1.42. The van der Waals surface area contributed by atoms with Crippen LogP contribution in [0.3, 0.4) is 0 Å². The van der Waals surface area contributed by atoms with Crippen molar-refractivity contribution in [1.29, 1.82) is 0 Å². The summed E-state index contributed by atoms with van der Waals surface area (Å²) in [7, 11) is 0. The molecule has 0 bridgehead atoms.